The molecule has 0 N–H and O–H groups in total. The first kappa shape index (κ1) is 9.76. The fraction of sp³-hybridized carbons (Fsp3) is 0.625. The van der Waals surface area contributed by atoms with Gasteiger partial charge in [-0.2, -0.15) is 0 Å². The van der Waals surface area contributed by atoms with Crippen molar-refractivity contribution in [1.29, 1.82) is 0 Å². The first-order valence-electron chi connectivity index (χ1n) is 3.27. The van der Waals surface area contributed by atoms with Gasteiger partial charge in [0.2, 0.25) is 0 Å². The lowest BCUT2D eigenvalue weighted by Gasteiger charge is -2.01. The number of ketones is 1. The van der Waals surface area contributed by atoms with Crippen molar-refractivity contribution in [2.24, 2.45) is 0 Å². The molecule has 0 aliphatic heterocycles. The van der Waals surface area contributed by atoms with Crippen LogP contribution in [-0.2, 0) is 4.79 Å². The van der Waals surface area contributed by atoms with Crippen molar-refractivity contribution >= 4 is 17.5 Å². The highest BCUT2D eigenvalue weighted by Crippen LogP contribution is 2.17. The Balaban J connectivity index is 4.04. The second-order valence-electron chi connectivity index (χ2n) is 2.42. The smallest absolute Gasteiger partial charge is 0.133 e. The molecule has 0 saturated carbocycles. The van der Waals surface area contributed by atoms with Gasteiger partial charge in [0.25, 0.3) is 0 Å². The molecule has 0 aromatic heterocycles. The average Bonchev–Trinajstić information content (AvgIpc) is 1.85. The number of Topliss-reactive ketones (excluding diaryl/α,β-unsaturated/α-hetero) is 1. The normalized spacial score (nSPS) is 12.8. The highest BCUT2D eigenvalue weighted by atomic mass is 32.2. The van der Waals surface area contributed by atoms with Crippen molar-refractivity contribution in [2.45, 2.75) is 27.2 Å². The van der Waals surface area contributed by atoms with Crippen LogP contribution in [0.15, 0.2) is 10.5 Å². The summed E-state index contributed by atoms with van der Waals surface area (Å²) >= 11 is 1.70. The fourth-order valence-electron chi connectivity index (χ4n) is 0.672. The molecule has 0 atom stereocenters. The Morgan fingerprint density at radius 1 is 1.30 bits per heavy atom. The molecule has 0 spiro atoms. The summed E-state index contributed by atoms with van der Waals surface area (Å²) in [7, 11) is 0. The van der Waals surface area contributed by atoms with Crippen LogP contribution in [0.5, 0.6) is 0 Å². The van der Waals surface area contributed by atoms with Crippen molar-refractivity contribution in [2.75, 3.05) is 6.26 Å². The lowest BCUT2D eigenvalue weighted by atomic mass is 10.1. The molecule has 0 aromatic carbocycles. The van der Waals surface area contributed by atoms with Crippen LogP contribution in [0.4, 0.5) is 0 Å². The lowest BCUT2D eigenvalue weighted by Crippen LogP contribution is -1.91. The van der Waals surface area contributed by atoms with Gasteiger partial charge >= 0.3 is 0 Å². The molecule has 0 aliphatic carbocycles. The summed E-state index contributed by atoms with van der Waals surface area (Å²) in [5.41, 5.74) is 1.19. The third-order valence-corrected chi connectivity index (χ3v) is 2.38. The van der Waals surface area contributed by atoms with Gasteiger partial charge < -0.3 is 0 Å². The van der Waals surface area contributed by atoms with Crippen LogP contribution in [0, 0.1) is 0 Å². The Kier molecular flexibility index (Phi) is 4.45. The Bertz CT molecular complexity index is 159. The van der Waals surface area contributed by atoms with Gasteiger partial charge in [-0.05, 0) is 31.9 Å². The van der Waals surface area contributed by atoms with E-state index in [0.717, 1.165) is 0 Å². The number of allylic oxidation sites excluding steroid dienone is 2. The molecule has 0 radical (unpaired) electrons. The molecule has 0 aliphatic rings. The average molecular weight is 158 g/mol. The highest BCUT2D eigenvalue weighted by Gasteiger charge is 1.98. The standard InChI is InChI=1S/C8H14OS/c1-6(5-7(2)9)8(3)10-4/h5H2,1-4H3/b8-6-. The molecule has 0 fully saturated rings. The molecule has 0 rings (SSSR count). The predicted molar refractivity (Wildman–Crippen MR) is 47.2 cm³/mol. The van der Waals surface area contributed by atoms with Crippen molar-refractivity contribution in [3.8, 4) is 0 Å². The summed E-state index contributed by atoms with van der Waals surface area (Å²) in [5.74, 6) is 0.242. The molecule has 0 saturated heterocycles. The van der Waals surface area contributed by atoms with Crippen LogP contribution in [0.1, 0.15) is 27.2 Å². The van der Waals surface area contributed by atoms with Crippen LogP contribution < -0.4 is 0 Å². The molecule has 0 aromatic rings. The SMILES string of the molecule is CS/C(C)=C(/C)CC(C)=O. The van der Waals surface area contributed by atoms with Gasteiger partial charge in [0, 0.05) is 6.42 Å². The zero-order valence-electron chi connectivity index (χ0n) is 7.02. The number of carbonyl (C=O) groups excluding carboxylic acids is 1. The Morgan fingerprint density at radius 3 is 2.10 bits per heavy atom. The monoisotopic (exact) mass is 158 g/mol. The van der Waals surface area contributed by atoms with Gasteiger partial charge in [-0.3, -0.25) is 4.79 Å². The molecule has 10 heavy (non-hydrogen) atoms. The second-order valence-corrected chi connectivity index (χ2v) is 3.44. The number of thioether (sulfide) groups is 1. The summed E-state index contributed by atoms with van der Waals surface area (Å²) in [6.45, 7) is 5.67. The van der Waals surface area contributed by atoms with Crippen molar-refractivity contribution in [3.63, 3.8) is 0 Å². The molecule has 58 valence electrons. The van der Waals surface area contributed by atoms with Crippen LogP contribution in [0.3, 0.4) is 0 Å². The van der Waals surface area contributed by atoms with E-state index in [9.17, 15) is 4.79 Å². The molecule has 1 nitrogen and oxygen atoms in total. The van der Waals surface area contributed by atoms with E-state index in [1.54, 1.807) is 18.7 Å². The van der Waals surface area contributed by atoms with Crippen LogP contribution in [0.25, 0.3) is 0 Å². The topological polar surface area (TPSA) is 17.1 Å². The maximum Gasteiger partial charge on any atom is 0.133 e. The maximum absolute atomic E-state index is 10.6. The number of rotatable bonds is 3. The lowest BCUT2D eigenvalue weighted by molar-refractivity contribution is -0.116. The Morgan fingerprint density at radius 2 is 1.80 bits per heavy atom. The summed E-state index contributed by atoms with van der Waals surface area (Å²) in [6.07, 6.45) is 2.63. The number of carbonyl (C=O) groups is 1. The van der Waals surface area contributed by atoms with Crippen LogP contribution in [0.2, 0.25) is 0 Å². The summed E-state index contributed by atoms with van der Waals surface area (Å²) in [6, 6.07) is 0. The quantitative estimate of drug-likeness (QED) is 0.628. The van der Waals surface area contributed by atoms with E-state index in [2.05, 4.69) is 0 Å². The number of hydrogen-bond acceptors (Lipinski definition) is 2. The first-order chi connectivity index (χ1) is 4.57. The van der Waals surface area contributed by atoms with Gasteiger partial charge in [0.05, 0.1) is 0 Å². The van der Waals surface area contributed by atoms with E-state index in [0.29, 0.717) is 6.42 Å². The Labute approximate surface area is 66.9 Å². The minimum atomic E-state index is 0.242. The van der Waals surface area contributed by atoms with Gasteiger partial charge in [-0.15, -0.1) is 11.8 Å². The molecule has 0 heterocycles. The first-order valence-corrected chi connectivity index (χ1v) is 4.50. The maximum atomic E-state index is 10.6. The largest absolute Gasteiger partial charge is 0.300 e. The van der Waals surface area contributed by atoms with Crippen LogP contribution >= 0.6 is 11.8 Å². The molecule has 0 amide bonds. The predicted octanol–water partition coefficient (Wildman–Crippen LogP) is 2.62. The molecular formula is C8H14OS. The third-order valence-electron chi connectivity index (χ3n) is 1.42. The summed E-state index contributed by atoms with van der Waals surface area (Å²) < 4.78 is 0. The summed E-state index contributed by atoms with van der Waals surface area (Å²) in [5, 5.41) is 0. The van der Waals surface area contributed by atoms with Gasteiger partial charge in [0.15, 0.2) is 0 Å². The minimum Gasteiger partial charge on any atom is -0.300 e. The molecule has 0 bridgehead atoms. The second kappa shape index (κ2) is 4.56. The van der Waals surface area contributed by atoms with E-state index >= 15 is 0 Å². The van der Waals surface area contributed by atoms with Gasteiger partial charge in [-0.1, -0.05) is 5.57 Å². The fourth-order valence-corrected chi connectivity index (χ4v) is 1.09. The minimum absolute atomic E-state index is 0.242. The zero-order chi connectivity index (χ0) is 8.15. The van der Waals surface area contributed by atoms with Crippen molar-refractivity contribution in [3.05, 3.63) is 10.5 Å². The number of hydrogen-bond donors (Lipinski definition) is 0. The molecular weight excluding hydrogens is 144 g/mol. The molecule has 2 heteroatoms. The zero-order valence-corrected chi connectivity index (χ0v) is 7.84. The van der Waals surface area contributed by atoms with Gasteiger partial charge in [0.1, 0.15) is 5.78 Å². The van der Waals surface area contributed by atoms with E-state index < -0.39 is 0 Å². The van der Waals surface area contributed by atoms with E-state index in [1.807, 2.05) is 20.1 Å². The van der Waals surface area contributed by atoms with E-state index in [4.69, 9.17) is 0 Å². The third kappa shape index (κ3) is 3.72. The van der Waals surface area contributed by atoms with Crippen molar-refractivity contribution < 1.29 is 4.79 Å². The van der Waals surface area contributed by atoms with Gasteiger partial charge in [-0.25, -0.2) is 0 Å². The molecule has 0 unspecified atom stereocenters. The van der Waals surface area contributed by atoms with Crippen LogP contribution in [-0.4, -0.2) is 12.0 Å². The van der Waals surface area contributed by atoms with E-state index in [1.165, 1.54) is 10.5 Å². The summed E-state index contributed by atoms with van der Waals surface area (Å²) in [4.78, 5) is 11.9. The van der Waals surface area contributed by atoms with E-state index in [-0.39, 0.29) is 5.78 Å². The Hall–Kier alpha value is -0.240. The van der Waals surface area contributed by atoms with Crippen molar-refractivity contribution in [1.82, 2.24) is 0 Å². The highest BCUT2D eigenvalue weighted by molar-refractivity contribution is 8.02.